The van der Waals surface area contributed by atoms with Crippen LogP contribution < -0.4 is 5.73 Å². The molecule has 0 spiro atoms. The van der Waals surface area contributed by atoms with E-state index in [-0.39, 0.29) is 10.7 Å². The van der Waals surface area contributed by atoms with Gasteiger partial charge in [-0.1, -0.05) is 31.5 Å². The van der Waals surface area contributed by atoms with E-state index in [4.69, 9.17) is 17.3 Å². The number of rotatable bonds is 3. The summed E-state index contributed by atoms with van der Waals surface area (Å²) in [5, 5.41) is 4.27. The fourth-order valence-corrected chi connectivity index (χ4v) is 2.05. The molecule has 0 aliphatic rings. The van der Waals surface area contributed by atoms with Gasteiger partial charge in [0.05, 0.1) is 16.9 Å². The normalized spacial score (nSPS) is 11.2. The Bertz CT molecular complexity index is 563. The zero-order valence-electron chi connectivity index (χ0n) is 10.3. The second-order valence-electron chi connectivity index (χ2n) is 4.68. The van der Waals surface area contributed by atoms with E-state index < -0.39 is 5.82 Å². The van der Waals surface area contributed by atoms with E-state index in [1.807, 2.05) is 10.9 Å². The van der Waals surface area contributed by atoms with Crippen LogP contribution in [0.3, 0.4) is 0 Å². The number of aromatic nitrogens is 2. The predicted octanol–water partition coefficient (Wildman–Crippen LogP) is 3.58. The van der Waals surface area contributed by atoms with Crippen molar-refractivity contribution in [3.8, 4) is 11.1 Å². The van der Waals surface area contributed by atoms with E-state index in [0.29, 0.717) is 11.5 Å². The molecule has 0 radical (unpaired) electrons. The summed E-state index contributed by atoms with van der Waals surface area (Å²) in [6, 6.07) is 3.22. The molecule has 5 heteroatoms. The minimum Gasteiger partial charge on any atom is -0.396 e. The van der Waals surface area contributed by atoms with Crippen LogP contribution in [0.2, 0.25) is 5.02 Å². The quantitative estimate of drug-likeness (QED) is 0.864. The molecular formula is C13H15ClFN3. The molecular weight excluding hydrogens is 253 g/mol. The van der Waals surface area contributed by atoms with Gasteiger partial charge >= 0.3 is 0 Å². The number of benzene rings is 1. The third-order valence-electron chi connectivity index (χ3n) is 2.61. The first-order valence-corrected chi connectivity index (χ1v) is 6.13. The van der Waals surface area contributed by atoms with Gasteiger partial charge in [0.25, 0.3) is 0 Å². The summed E-state index contributed by atoms with van der Waals surface area (Å²) >= 11 is 5.96. The first-order valence-electron chi connectivity index (χ1n) is 5.75. The summed E-state index contributed by atoms with van der Waals surface area (Å²) in [4.78, 5) is 0. The van der Waals surface area contributed by atoms with Crippen molar-refractivity contribution >= 4 is 17.3 Å². The molecule has 2 aromatic rings. The van der Waals surface area contributed by atoms with E-state index >= 15 is 0 Å². The van der Waals surface area contributed by atoms with Crippen LogP contribution in [-0.2, 0) is 6.54 Å². The number of halogens is 2. The van der Waals surface area contributed by atoms with Gasteiger partial charge < -0.3 is 5.73 Å². The van der Waals surface area contributed by atoms with Gasteiger partial charge in [-0.25, -0.2) is 4.39 Å². The van der Waals surface area contributed by atoms with Crippen LogP contribution in [0.25, 0.3) is 11.1 Å². The molecule has 0 saturated heterocycles. The van der Waals surface area contributed by atoms with Crippen molar-refractivity contribution in [3.05, 3.63) is 35.4 Å². The highest BCUT2D eigenvalue weighted by atomic mass is 35.5. The Morgan fingerprint density at radius 1 is 1.44 bits per heavy atom. The molecule has 96 valence electrons. The molecule has 0 fully saturated rings. The van der Waals surface area contributed by atoms with Gasteiger partial charge in [-0.3, -0.25) is 4.68 Å². The molecule has 0 amide bonds. The van der Waals surface area contributed by atoms with Crippen molar-refractivity contribution < 1.29 is 4.39 Å². The highest BCUT2D eigenvalue weighted by Crippen LogP contribution is 2.32. The van der Waals surface area contributed by atoms with Crippen molar-refractivity contribution in [2.45, 2.75) is 20.4 Å². The van der Waals surface area contributed by atoms with Crippen LogP contribution in [0, 0.1) is 11.7 Å². The molecule has 0 saturated carbocycles. The van der Waals surface area contributed by atoms with Gasteiger partial charge in [0.1, 0.15) is 0 Å². The van der Waals surface area contributed by atoms with Crippen LogP contribution in [0.5, 0.6) is 0 Å². The number of hydrogen-bond acceptors (Lipinski definition) is 2. The van der Waals surface area contributed by atoms with E-state index in [1.165, 1.54) is 6.07 Å². The van der Waals surface area contributed by atoms with Crippen LogP contribution in [-0.4, -0.2) is 9.78 Å². The van der Waals surface area contributed by atoms with Crippen molar-refractivity contribution in [1.29, 1.82) is 0 Å². The van der Waals surface area contributed by atoms with Gasteiger partial charge in [0.15, 0.2) is 5.82 Å². The Morgan fingerprint density at radius 2 is 2.17 bits per heavy atom. The average molecular weight is 268 g/mol. The fraction of sp³-hybridized carbons (Fsp3) is 0.308. The minimum absolute atomic E-state index is 0.0408. The van der Waals surface area contributed by atoms with Crippen molar-refractivity contribution in [1.82, 2.24) is 9.78 Å². The molecule has 1 heterocycles. The average Bonchev–Trinajstić information content (AvgIpc) is 2.73. The van der Waals surface area contributed by atoms with Crippen LogP contribution in [0.4, 0.5) is 10.1 Å². The lowest BCUT2D eigenvalue weighted by atomic mass is 10.1. The molecule has 0 unspecified atom stereocenters. The summed E-state index contributed by atoms with van der Waals surface area (Å²) in [6.07, 6.45) is 3.54. The van der Waals surface area contributed by atoms with Gasteiger partial charge in [-0.05, 0) is 12.0 Å². The fourth-order valence-electron chi connectivity index (χ4n) is 1.76. The van der Waals surface area contributed by atoms with Gasteiger partial charge in [-0.2, -0.15) is 5.10 Å². The summed E-state index contributed by atoms with van der Waals surface area (Å²) in [5.41, 5.74) is 6.91. The predicted molar refractivity (Wildman–Crippen MR) is 71.9 cm³/mol. The summed E-state index contributed by atoms with van der Waals surface area (Å²) in [7, 11) is 0. The zero-order valence-corrected chi connectivity index (χ0v) is 11.1. The zero-order chi connectivity index (χ0) is 13.3. The van der Waals surface area contributed by atoms with Crippen LogP contribution in [0.15, 0.2) is 24.5 Å². The topological polar surface area (TPSA) is 43.8 Å². The number of nitrogens with two attached hydrogens (primary N) is 1. The summed E-state index contributed by atoms with van der Waals surface area (Å²) in [6.45, 7) is 5.03. The molecule has 18 heavy (non-hydrogen) atoms. The van der Waals surface area contributed by atoms with E-state index in [9.17, 15) is 4.39 Å². The minimum atomic E-state index is -0.578. The lowest BCUT2D eigenvalue weighted by molar-refractivity contribution is 0.483. The Labute approximate surface area is 110 Å². The summed E-state index contributed by atoms with van der Waals surface area (Å²) in [5.74, 6) is -0.0813. The van der Waals surface area contributed by atoms with Crippen molar-refractivity contribution in [3.63, 3.8) is 0 Å². The Hall–Kier alpha value is -1.55. The van der Waals surface area contributed by atoms with E-state index in [2.05, 4.69) is 18.9 Å². The van der Waals surface area contributed by atoms with E-state index in [1.54, 1.807) is 12.3 Å². The second-order valence-corrected chi connectivity index (χ2v) is 5.05. The molecule has 2 rings (SSSR count). The van der Waals surface area contributed by atoms with Gasteiger partial charge in [0, 0.05) is 23.9 Å². The molecule has 0 aliphatic heterocycles. The molecule has 3 nitrogen and oxygen atoms in total. The lowest BCUT2D eigenvalue weighted by Gasteiger charge is -2.05. The maximum Gasteiger partial charge on any atom is 0.165 e. The first kappa shape index (κ1) is 12.9. The second kappa shape index (κ2) is 4.98. The molecule has 2 N–H and O–H groups in total. The number of anilines is 1. The summed E-state index contributed by atoms with van der Waals surface area (Å²) < 4.78 is 15.4. The van der Waals surface area contributed by atoms with Crippen molar-refractivity contribution in [2.24, 2.45) is 5.92 Å². The number of hydrogen-bond donors (Lipinski definition) is 1. The highest BCUT2D eigenvalue weighted by Gasteiger charge is 2.12. The lowest BCUT2D eigenvalue weighted by Crippen LogP contribution is -2.04. The molecule has 0 aliphatic carbocycles. The third-order valence-corrected chi connectivity index (χ3v) is 2.98. The first-order chi connectivity index (χ1) is 8.49. The SMILES string of the molecule is CC(C)Cn1cc(-c2ccc(N)c(F)c2Cl)cn1. The van der Waals surface area contributed by atoms with Gasteiger partial charge in [0.2, 0.25) is 0 Å². The van der Waals surface area contributed by atoms with Crippen molar-refractivity contribution in [2.75, 3.05) is 5.73 Å². The molecule has 1 aromatic carbocycles. The smallest absolute Gasteiger partial charge is 0.165 e. The van der Waals surface area contributed by atoms with Crippen LogP contribution >= 0.6 is 11.6 Å². The third kappa shape index (κ3) is 2.48. The largest absolute Gasteiger partial charge is 0.396 e. The van der Waals surface area contributed by atoms with Gasteiger partial charge in [-0.15, -0.1) is 0 Å². The Morgan fingerprint density at radius 3 is 2.83 bits per heavy atom. The van der Waals surface area contributed by atoms with Crippen LogP contribution in [0.1, 0.15) is 13.8 Å². The maximum atomic E-state index is 13.6. The molecule has 0 bridgehead atoms. The number of nitrogen functional groups attached to an aromatic ring is 1. The highest BCUT2D eigenvalue weighted by molar-refractivity contribution is 6.33. The Balaban J connectivity index is 2.37. The molecule has 1 aromatic heterocycles. The maximum absolute atomic E-state index is 13.6. The Kier molecular flexibility index (Phi) is 3.57. The van der Waals surface area contributed by atoms with E-state index in [0.717, 1.165) is 12.1 Å². The number of nitrogens with zero attached hydrogens (tertiary/aromatic N) is 2. The standard InChI is InChI=1S/C13H15ClFN3/c1-8(2)6-18-7-9(5-17-18)10-3-4-11(16)13(15)12(10)14/h3-5,7-8H,6,16H2,1-2H3. The monoisotopic (exact) mass is 267 g/mol. The molecule has 0 atom stereocenters.